The van der Waals surface area contributed by atoms with Gasteiger partial charge in [0.2, 0.25) is 0 Å². The molecule has 0 amide bonds. The minimum Gasteiger partial charge on any atom is -0.467 e. The van der Waals surface area contributed by atoms with Gasteiger partial charge in [0.1, 0.15) is 6.79 Å². The first-order chi connectivity index (χ1) is 8.15. The average molecular weight is 278 g/mol. The Labute approximate surface area is 111 Å². The van der Waals surface area contributed by atoms with Crippen LogP contribution in [0.4, 0.5) is 0 Å². The topological polar surface area (TPSA) is 54.0 Å². The maximum atomic E-state index is 11.5. The zero-order chi connectivity index (χ0) is 14.4. The lowest BCUT2D eigenvalue weighted by molar-refractivity contribution is -0.165. The molecule has 1 atom stereocenters. The van der Waals surface area contributed by atoms with Gasteiger partial charge < -0.3 is 18.6 Å². The summed E-state index contributed by atoms with van der Waals surface area (Å²) in [7, 11) is 0.940. The van der Waals surface area contributed by atoms with Gasteiger partial charge in [-0.2, -0.15) is 0 Å². The van der Waals surface area contributed by atoms with Crippen LogP contribution in [-0.4, -0.2) is 48.0 Å². The van der Waals surface area contributed by atoms with E-state index >= 15 is 0 Å². The molecule has 0 aromatic carbocycles. The SMILES string of the molecule is COCO[C@@H](CO[Si](C)(C)C(C)(C)C)C(=O)OC. The van der Waals surface area contributed by atoms with Crippen molar-refractivity contribution < 1.29 is 23.4 Å². The fourth-order valence-electron chi connectivity index (χ4n) is 0.966. The van der Waals surface area contributed by atoms with Crippen molar-refractivity contribution in [2.45, 2.75) is 45.0 Å². The fraction of sp³-hybridized carbons (Fsp3) is 0.917. The smallest absolute Gasteiger partial charge is 0.337 e. The second-order valence-electron chi connectivity index (χ2n) is 5.66. The highest BCUT2D eigenvalue weighted by Gasteiger charge is 2.38. The van der Waals surface area contributed by atoms with Crippen LogP contribution in [0.5, 0.6) is 0 Å². The Kier molecular flexibility index (Phi) is 7.05. The Morgan fingerprint density at radius 1 is 1.22 bits per heavy atom. The van der Waals surface area contributed by atoms with Crippen LogP contribution in [0.3, 0.4) is 0 Å². The van der Waals surface area contributed by atoms with E-state index in [1.807, 2.05) is 0 Å². The van der Waals surface area contributed by atoms with Crippen LogP contribution in [0.25, 0.3) is 0 Å². The summed E-state index contributed by atoms with van der Waals surface area (Å²) in [6, 6.07) is 0. The maximum absolute atomic E-state index is 11.5. The lowest BCUT2D eigenvalue weighted by atomic mass is 10.2. The average Bonchev–Trinajstić information content (AvgIpc) is 2.26. The third kappa shape index (κ3) is 5.47. The zero-order valence-electron chi connectivity index (χ0n) is 12.5. The molecule has 18 heavy (non-hydrogen) atoms. The molecule has 0 aliphatic heterocycles. The molecule has 0 bridgehead atoms. The van der Waals surface area contributed by atoms with Crippen LogP contribution in [0.2, 0.25) is 18.1 Å². The summed E-state index contributed by atoms with van der Waals surface area (Å²) in [5.74, 6) is -0.439. The maximum Gasteiger partial charge on any atom is 0.337 e. The first-order valence-corrected chi connectivity index (χ1v) is 8.89. The quantitative estimate of drug-likeness (QED) is 0.406. The van der Waals surface area contributed by atoms with Crippen LogP contribution < -0.4 is 0 Å². The molecule has 0 spiro atoms. The third-order valence-electron chi connectivity index (χ3n) is 3.25. The summed E-state index contributed by atoms with van der Waals surface area (Å²) < 4.78 is 20.7. The molecule has 0 aliphatic rings. The molecule has 0 rings (SSSR count). The van der Waals surface area contributed by atoms with Gasteiger partial charge in [0.25, 0.3) is 0 Å². The minimum absolute atomic E-state index is 0.0423. The lowest BCUT2D eigenvalue weighted by Crippen LogP contribution is -2.44. The molecule has 0 aromatic rings. The van der Waals surface area contributed by atoms with E-state index in [0.717, 1.165) is 0 Å². The fourth-order valence-corrected chi connectivity index (χ4v) is 1.97. The Morgan fingerprint density at radius 3 is 2.17 bits per heavy atom. The van der Waals surface area contributed by atoms with Crippen molar-refractivity contribution in [1.29, 1.82) is 0 Å². The van der Waals surface area contributed by atoms with Crippen molar-refractivity contribution >= 4 is 14.3 Å². The summed E-state index contributed by atoms with van der Waals surface area (Å²) in [4.78, 5) is 11.5. The van der Waals surface area contributed by atoms with Gasteiger partial charge in [0, 0.05) is 7.11 Å². The first kappa shape index (κ1) is 17.6. The van der Waals surface area contributed by atoms with Gasteiger partial charge in [0.15, 0.2) is 14.4 Å². The molecule has 5 nitrogen and oxygen atoms in total. The molecule has 0 aromatic heterocycles. The second-order valence-corrected chi connectivity index (χ2v) is 10.5. The molecule has 0 fully saturated rings. The van der Waals surface area contributed by atoms with E-state index in [0.29, 0.717) is 0 Å². The van der Waals surface area contributed by atoms with Gasteiger partial charge in [-0.1, -0.05) is 20.8 Å². The van der Waals surface area contributed by atoms with Crippen LogP contribution in [0.15, 0.2) is 0 Å². The number of carbonyl (C=O) groups is 1. The summed E-state index contributed by atoms with van der Waals surface area (Å²) in [6.45, 7) is 10.9. The lowest BCUT2D eigenvalue weighted by Gasteiger charge is -2.36. The molecule has 0 unspecified atom stereocenters. The van der Waals surface area contributed by atoms with Crippen LogP contribution in [0.1, 0.15) is 20.8 Å². The number of hydrogen-bond acceptors (Lipinski definition) is 5. The standard InChI is InChI=1S/C12H26O5Si/c1-12(2,3)18(6,7)17-8-10(11(13)15-5)16-9-14-4/h10H,8-9H2,1-7H3/t10-/m0/s1. The number of methoxy groups -OCH3 is 2. The van der Waals surface area contributed by atoms with E-state index in [-0.39, 0.29) is 18.4 Å². The molecule has 0 saturated heterocycles. The largest absolute Gasteiger partial charge is 0.467 e. The Morgan fingerprint density at radius 2 is 1.78 bits per heavy atom. The van der Waals surface area contributed by atoms with Crippen LogP contribution in [0, 0.1) is 0 Å². The molecular weight excluding hydrogens is 252 g/mol. The van der Waals surface area contributed by atoms with E-state index < -0.39 is 20.4 Å². The van der Waals surface area contributed by atoms with Gasteiger partial charge in [-0.3, -0.25) is 0 Å². The Bertz CT molecular complexity index is 260. The Balaban J connectivity index is 4.47. The van der Waals surface area contributed by atoms with Gasteiger partial charge in [-0.05, 0) is 18.1 Å². The number of esters is 1. The molecule has 0 aliphatic carbocycles. The van der Waals surface area contributed by atoms with E-state index in [1.165, 1.54) is 14.2 Å². The Hall–Kier alpha value is -0.433. The van der Waals surface area contributed by atoms with Gasteiger partial charge in [-0.25, -0.2) is 4.79 Å². The van der Waals surface area contributed by atoms with Crippen molar-refractivity contribution in [2.24, 2.45) is 0 Å². The van der Waals surface area contributed by atoms with Gasteiger partial charge >= 0.3 is 5.97 Å². The van der Waals surface area contributed by atoms with Crippen LogP contribution >= 0.6 is 0 Å². The molecule has 108 valence electrons. The monoisotopic (exact) mass is 278 g/mol. The van der Waals surface area contributed by atoms with Gasteiger partial charge in [0.05, 0.1) is 13.7 Å². The molecule has 0 heterocycles. The highest BCUT2D eigenvalue weighted by Crippen LogP contribution is 2.36. The predicted octanol–water partition coefficient (Wildman–Crippen LogP) is 2.17. The van der Waals surface area contributed by atoms with Gasteiger partial charge in [-0.15, -0.1) is 0 Å². The van der Waals surface area contributed by atoms with Crippen LogP contribution in [-0.2, 0) is 23.4 Å². The first-order valence-electron chi connectivity index (χ1n) is 5.98. The molecule has 6 heteroatoms. The van der Waals surface area contributed by atoms with Crippen molar-refractivity contribution in [1.82, 2.24) is 0 Å². The number of ether oxygens (including phenoxy) is 3. The summed E-state index contributed by atoms with van der Waals surface area (Å²) in [5.41, 5.74) is 0. The summed E-state index contributed by atoms with van der Waals surface area (Å²) >= 11 is 0. The highest BCUT2D eigenvalue weighted by molar-refractivity contribution is 6.74. The highest BCUT2D eigenvalue weighted by atomic mass is 28.4. The van der Waals surface area contributed by atoms with E-state index in [4.69, 9.17) is 13.9 Å². The van der Waals surface area contributed by atoms with Crippen molar-refractivity contribution in [3.8, 4) is 0 Å². The zero-order valence-corrected chi connectivity index (χ0v) is 13.5. The van der Waals surface area contributed by atoms with Crippen molar-refractivity contribution in [3.63, 3.8) is 0 Å². The van der Waals surface area contributed by atoms with Crippen molar-refractivity contribution in [3.05, 3.63) is 0 Å². The summed E-state index contributed by atoms with van der Waals surface area (Å²) in [6.07, 6.45) is -0.732. The van der Waals surface area contributed by atoms with E-state index in [1.54, 1.807) is 0 Å². The number of rotatable bonds is 7. The molecule has 0 saturated carbocycles. The second kappa shape index (κ2) is 7.23. The van der Waals surface area contributed by atoms with Crippen molar-refractivity contribution in [2.75, 3.05) is 27.6 Å². The predicted molar refractivity (Wildman–Crippen MR) is 71.9 cm³/mol. The molecule has 0 N–H and O–H groups in total. The minimum atomic E-state index is -1.89. The molecular formula is C12H26O5Si. The summed E-state index contributed by atoms with van der Waals surface area (Å²) in [5, 5.41) is 0.0922. The molecule has 0 radical (unpaired) electrons. The number of hydrogen-bond donors (Lipinski definition) is 0. The number of carbonyl (C=O) groups excluding carboxylic acids is 1. The third-order valence-corrected chi connectivity index (χ3v) is 7.75. The van der Waals surface area contributed by atoms with E-state index in [2.05, 4.69) is 38.6 Å². The van der Waals surface area contributed by atoms with E-state index in [9.17, 15) is 4.79 Å². The normalized spacial score (nSPS) is 14.4.